The summed E-state index contributed by atoms with van der Waals surface area (Å²) in [5, 5.41) is 3.00. The standard InChI is InChI=1S/C27H29N3O4S/c28-25(31)15-17-30(16-14-21-8-3-1-4-9-21)27(35)29-26(32)22-10-7-13-24(20-22)34-19-18-33-23-11-5-2-6-12-23/h1-13,20H,14-19H2,(H2,28,31)(H,29,32,35). The molecule has 0 aromatic heterocycles. The van der Waals surface area contributed by atoms with Gasteiger partial charge in [0.1, 0.15) is 24.7 Å². The minimum absolute atomic E-state index is 0.138. The fraction of sp³-hybridized carbons (Fsp3) is 0.222. The molecule has 0 aliphatic rings. The Hall–Kier alpha value is -3.91. The Kier molecular flexibility index (Phi) is 10.1. The van der Waals surface area contributed by atoms with Crippen LogP contribution in [0, 0.1) is 0 Å². The predicted octanol–water partition coefficient (Wildman–Crippen LogP) is 3.58. The van der Waals surface area contributed by atoms with Crippen LogP contribution < -0.4 is 20.5 Å². The molecule has 35 heavy (non-hydrogen) atoms. The zero-order valence-electron chi connectivity index (χ0n) is 19.4. The number of benzene rings is 3. The Bertz CT molecular complexity index is 1110. The lowest BCUT2D eigenvalue weighted by Gasteiger charge is -2.25. The number of nitrogens with two attached hydrogens (primary N) is 1. The van der Waals surface area contributed by atoms with Crippen molar-refractivity contribution in [3.05, 3.63) is 96.1 Å². The van der Waals surface area contributed by atoms with Crippen molar-refractivity contribution >= 4 is 29.1 Å². The van der Waals surface area contributed by atoms with Gasteiger partial charge in [0.2, 0.25) is 5.91 Å². The van der Waals surface area contributed by atoms with Crippen LogP contribution in [0.5, 0.6) is 11.5 Å². The van der Waals surface area contributed by atoms with Gasteiger partial charge in [-0.3, -0.25) is 14.9 Å². The highest BCUT2D eigenvalue weighted by atomic mass is 32.1. The molecule has 3 aromatic rings. The molecular formula is C27H29N3O4S. The third kappa shape index (κ3) is 9.10. The first-order valence-electron chi connectivity index (χ1n) is 11.3. The Balaban J connectivity index is 1.53. The molecule has 0 heterocycles. The average molecular weight is 492 g/mol. The lowest BCUT2D eigenvalue weighted by molar-refractivity contribution is -0.118. The van der Waals surface area contributed by atoms with E-state index in [9.17, 15) is 9.59 Å². The lowest BCUT2D eigenvalue weighted by Crippen LogP contribution is -2.44. The topological polar surface area (TPSA) is 93.9 Å². The highest BCUT2D eigenvalue weighted by molar-refractivity contribution is 7.80. The number of para-hydroxylation sites is 1. The van der Waals surface area contributed by atoms with E-state index < -0.39 is 5.91 Å². The number of carbonyl (C=O) groups excluding carboxylic acids is 2. The van der Waals surface area contributed by atoms with Gasteiger partial charge in [0.25, 0.3) is 5.91 Å². The third-order valence-electron chi connectivity index (χ3n) is 5.11. The number of amides is 2. The van der Waals surface area contributed by atoms with Crippen LogP contribution in [0.1, 0.15) is 22.3 Å². The highest BCUT2D eigenvalue weighted by Gasteiger charge is 2.15. The van der Waals surface area contributed by atoms with E-state index in [0.29, 0.717) is 44.0 Å². The first kappa shape index (κ1) is 25.7. The fourth-order valence-corrected chi connectivity index (χ4v) is 3.56. The summed E-state index contributed by atoms with van der Waals surface area (Å²) in [4.78, 5) is 25.9. The Morgan fingerprint density at radius 3 is 2.14 bits per heavy atom. The lowest BCUT2D eigenvalue weighted by atomic mass is 10.1. The molecule has 0 spiro atoms. The first-order valence-corrected chi connectivity index (χ1v) is 11.8. The van der Waals surface area contributed by atoms with Gasteiger partial charge in [0, 0.05) is 25.1 Å². The maximum atomic E-state index is 12.8. The van der Waals surface area contributed by atoms with Gasteiger partial charge in [0.15, 0.2) is 5.11 Å². The molecule has 0 saturated carbocycles. The van der Waals surface area contributed by atoms with Crippen LogP contribution in [0.4, 0.5) is 0 Å². The monoisotopic (exact) mass is 491 g/mol. The first-order chi connectivity index (χ1) is 17.0. The number of hydrogen-bond acceptors (Lipinski definition) is 5. The van der Waals surface area contributed by atoms with E-state index in [-0.39, 0.29) is 17.4 Å². The maximum absolute atomic E-state index is 12.8. The smallest absolute Gasteiger partial charge is 0.257 e. The second kappa shape index (κ2) is 13.7. The molecule has 0 radical (unpaired) electrons. The van der Waals surface area contributed by atoms with Crippen molar-refractivity contribution in [2.75, 3.05) is 26.3 Å². The Labute approximate surface area is 210 Å². The van der Waals surface area contributed by atoms with Crippen LogP contribution >= 0.6 is 12.2 Å². The predicted molar refractivity (Wildman–Crippen MR) is 139 cm³/mol. The third-order valence-corrected chi connectivity index (χ3v) is 5.47. The van der Waals surface area contributed by atoms with Crippen molar-refractivity contribution in [1.29, 1.82) is 0 Å². The molecule has 0 aliphatic carbocycles. The van der Waals surface area contributed by atoms with E-state index in [0.717, 1.165) is 11.3 Å². The van der Waals surface area contributed by atoms with Crippen molar-refractivity contribution in [2.45, 2.75) is 12.8 Å². The zero-order chi connectivity index (χ0) is 24.9. The van der Waals surface area contributed by atoms with Crippen molar-refractivity contribution in [2.24, 2.45) is 5.73 Å². The van der Waals surface area contributed by atoms with E-state index in [4.69, 9.17) is 27.4 Å². The molecule has 0 bridgehead atoms. The molecule has 2 amide bonds. The van der Waals surface area contributed by atoms with E-state index >= 15 is 0 Å². The van der Waals surface area contributed by atoms with Crippen LogP contribution in [0.3, 0.4) is 0 Å². The Morgan fingerprint density at radius 1 is 0.829 bits per heavy atom. The molecule has 3 rings (SSSR count). The number of nitrogens with one attached hydrogen (secondary N) is 1. The number of nitrogens with zero attached hydrogens (tertiary/aromatic N) is 1. The van der Waals surface area contributed by atoms with Crippen LogP contribution in [0.25, 0.3) is 0 Å². The van der Waals surface area contributed by atoms with E-state index in [1.807, 2.05) is 60.7 Å². The number of primary amides is 1. The minimum Gasteiger partial charge on any atom is -0.490 e. The molecule has 0 saturated heterocycles. The quantitative estimate of drug-likeness (QED) is 0.297. The number of thiocarbonyl (C=S) groups is 1. The van der Waals surface area contributed by atoms with Gasteiger partial charge >= 0.3 is 0 Å². The Morgan fingerprint density at radius 2 is 1.46 bits per heavy atom. The van der Waals surface area contributed by atoms with Crippen molar-refractivity contribution in [3.63, 3.8) is 0 Å². The van der Waals surface area contributed by atoms with E-state index in [1.54, 1.807) is 29.2 Å². The fourth-order valence-electron chi connectivity index (χ4n) is 3.28. The van der Waals surface area contributed by atoms with Gasteiger partial charge in [-0.1, -0.05) is 54.6 Å². The van der Waals surface area contributed by atoms with E-state index in [1.165, 1.54) is 0 Å². The molecule has 182 valence electrons. The summed E-state index contributed by atoms with van der Waals surface area (Å²) in [6.45, 7) is 1.58. The van der Waals surface area contributed by atoms with Gasteiger partial charge < -0.3 is 20.1 Å². The van der Waals surface area contributed by atoms with E-state index in [2.05, 4.69) is 5.32 Å². The summed E-state index contributed by atoms with van der Waals surface area (Å²) in [7, 11) is 0. The molecule has 8 heteroatoms. The largest absolute Gasteiger partial charge is 0.490 e. The van der Waals surface area contributed by atoms with Gasteiger partial charge in [0.05, 0.1) is 0 Å². The van der Waals surface area contributed by atoms with Crippen molar-refractivity contribution < 1.29 is 19.1 Å². The number of hydrogen-bond donors (Lipinski definition) is 2. The molecule has 3 aromatic carbocycles. The van der Waals surface area contributed by atoms with Gasteiger partial charge in [-0.25, -0.2) is 0 Å². The van der Waals surface area contributed by atoms with Crippen LogP contribution in [0.15, 0.2) is 84.9 Å². The van der Waals surface area contributed by atoms with Gasteiger partial charge in [-0.05, 0) is 54.5 Å². The van der Waals surface area contributed by atoms with Gasteiger partial charge in [-0.2, -0.15) is 0 Å². The number of ether oxygens (including phenoxy) is 2. The normalized spacial score (nSPS) is 10.3. The summed E-state index contributed by atoms with van der Waals surface area (Å²) < 4.78 is 11.3. The molecule has 7 nitrogen and oxygen atoms in total. The summed E-state index contributed by atoms with van der Waals surface area (Å²) in [5.41, 5.74) is 6.86. The molecule has 0 atom stereocenters. The highest BCUT2D eigenvalue weighted by Crippen LogP contribution is 2.14. The van der Waals surface area contributed by atoms with Crippen molar-refractivity contribution in [3.8, 4) is 11.5 Å². The van der Waals surface area contributed by atoms with Crippen molar-refractivity contribution in [1.82, 2.24) is 10.2 Å². The molecule has 0 fully saturated rings. The average Bonchev–Trinajstić information content (AvgIpc) is 2.88. The minimum atomic E-state index is -0.426. The number of rotatable bonds is 12. The van der Waals surface area contributed by atoms with Crippen LogP contribution in [-0.4, -0.2) is 48.1 Å². The SMILES string of the molecule is NC(=O)CCN(CCc1ccccc1)C(=S)NC(=O)c1cccc(OCCOc2ccccc2)c1. The summed E-state index contributed by atoms with van der Waals surface area (Å²) in [6.07, 6.45) is 0.850. The van der Waals surface area contributed by atoms with Gasteiger partial charge in [-0.15, -0.1) is 0 Å². The van der Waals surface area contributed by atoms with Crippen LogP contribution in [-0.2, 0) is 11.2 Å². The molecule has 0 unspecified atom stereocenters. The molecule has 3 N–H and O–H groups in total. The summed E-state index contributed by atoms with van der Waals surface area (Å²) >= 11 is 5.48. The zero-order valence-corrected chi connectivity index (χ0v) is 20.2. The second-order valence-electron chi connectivity index (χ2n) is 7.74. The summed E-state index contributed by atoms with van der Waals surface area (Å²) in [6, 6.07) is 26.2. The molecule has 0 aliphatic heterocycles. The summed E-state index contributed by atoms with van der Waals surface area (Å²) in [5.74, 6) is 0.537. The molecular weight excluding hydrogens is 462 g/mol. The second-order valence-corrected chi connectivity index (χ2v) is 8.12. The maximum Gasteiger partial charge on any atom is 0.257 e. The van der Waals surface area contributed by atoms with Crippen LogP contribution in [0.2, 0.25) is 0 Å². The number of carbonyl (C=O) groups is 2.